The number of aliphatic hydroxyl groups excluding tert-OH is 1. The molecule has 1 aliphatic carbocycles. The summed E-state index contributed by atoms with van der Waals surface area (Å²) in [5.41, 5.74) is -0.473. The van der Waals surface area contributed by atoms with Gasteiger partial charge in [0.2, 0.25) is 0 Å². The van der Waals surface area contributed by atoms with Crippen LogP contribution < -0.4 is 0 Å². The molecule has 170 valence electrons. The minimum atomic E-state index is -2.32. The van der Waals surface area contributed by atoms with E-state index in [0.717, 1.165) is 12.5 Å². The summed E-state index contributed by atoms with van der Waals surface area (Å²) in [4.78, 5) is 12.0. The van der Waals surface area contributed by atoms with E-state index in [-0.39, 0.29) is 0 Å². The average Bonchev–Trinajstić information content (AvgIpc) is 2.45. The zero-order valence-corrected chi connectivity index (χ0v) is 23.3. The largest absolute Gasteiger partial charge is 0.453 e. The first-order valence-corrected chi connectivity index (χ1v) is 20.2. The molecule has 1 aliphatic rings. The first-order valence-electron chi connectivity index (χ1n) is 10.8. The van der Waals surface area contributed by atoms with Gasteiger partial charge in [-0.2, -0.15) is 0 Å². The number of rotatable bonds is 9. The van der Waals surface area contributed by atoms with Crippen LogP contribution >= 0.6 is 0 Å². The molecule has 0 saturated heterocycles. The van der Waals surface area contributed by atoms with Crippen LogP contribution in [0.25, 0.3) is 0 Å². The highest BCUT2D eigenvalue weighted by molar-refractivity contribution is 6.87. The van der Waals surface area contributed by atoms with Crippen LogP contribution in [0.4, 0.5) is 0 Å². The smallest absolute Gasteiger partial charge is 0.333 e. The first kappa shape index (κ1) is 26.8. The summed E-state index contributed by atoms with van der Waals surface area (Å²) in [5, 5.41) is 10.8. The van der Waals surface area contributed by atoms with Gasteiger partial charge < -0.3 is 18.1 Å². The lowest BCUT2D eigenvalue weighted by atomic mass is 9.73. The van der Waals surface area contributed by atoms with Crippen LogP contribution in [0.15, 0.2) is 12.2 Å². The Morgan fingerprint density at radius 1 is 1.14 bits per heavy atom. The van der Waals surface area contributed by atoms with Gasteiger partial charge in [0.25, 0.3) is 0 Å². The maximum Gasteiger partial charge on any atom is 0.333 e. The van der Waals surface area contributed by atoms with Crippen LogP contribution in [0, 0.1) is 11.8 Å². The molecule has 4 atom stereocenters. The number of hydrogen-bond acceptors (Lipinski definition) is 5. The molecule has 0 bridgehead atoms. The summed E-state index contributed by atoms with van der Waals surface area (Å²) in [6.07, 6.45) is 1.54. The van der Waals surface area contributed by atoms with Crippen LogP contribution in [0.2, 0.25) is 51.9 Å². The fourth-order valence-electron chi connectivity index (χ4n) is 4.38. The molecule has 1 fully saturated rings. The Balaban J connectivity index is 2.86. The van der Waals surface area contributed by atoms with Crippen LogP contribution in [-0.2, 0) is 17.8 Å². The topological polar surface area (TPSA) is 65.0 Å². The molecular formula is C21H44O5Si3. The summed E-state index contributed by atoms with van der Waals surface area (Å²) >= 11 is 0. The zero-order valence-electron chi connectivity index (χ0n) is 20.3. The van der Waals surface area contributed by atoms with Crippen molar-refractivity contribution < 1.29 is 22.9 Å². The number of hydrogen-bond donors (Lipinski definition) is 1. The maximum absolute atomic E-state index is 12.0. The third-order valence-electron chi connectivity index (χ3n) is 5.46. The van der Waals surface area contributed by atoms with Gasteiger partial charge in [-0.1, -0.05) is 13.5 Å². The molecule has 1 rings (SSSR count). The normalized spacial score (nSPS) is 27.4. The predicted octanol–water partition coefficient (Wildman–Crippen LogP) is 5.44. The number of ether oxygens (including phenoxy) is 1. The Kier molecular flexibility index (Phi) is 8.75. The summed E-state index contributed by atoms with van der Waals surface area (Å²) in [5.74, 6) is 0.324. The highest BCUT2D eigenvalue weighted by atomic mass is 28.5. The number of carbonyl (C=O) groups excluding carboxylic acids is 1. The summed E-state index contributed by atoms with van der Waals surface area (Å²) in [7, 11) is -5.78. The van der Waals surface area contributed by atoms with E-state index in [1.807, 2.05) is 6.92 Å². The molecule has 0 radical (unpaired) electrons. The average molecular weight is 461 g/mol. The number of aliphatic hydroxyl groups is 1. The van der Waals surface area contributed by atoms with Gasteiger partial charge in [-0.05, 0) is 96.8 Å². The molecule has 1 N–H and O–H groups in total. The van der Waals surface area contributed by atoms with Crippen LogP contribution in [0.1, 0.15) is 40.0 Å². The van der Waals surface area contributed by atoms with Gasteiger partial charge in [-0.3, -0.25) is 0 Å². The standard InChI is InChI=1S/C21H44O5Si3/c1-16(2)20(23)24-21(4)13-12-18(14-19(21)22)17(3)15-29(11,25-27(5,6)7)26-28(8,9)10/h17-19,22H,1,12-15H2,2-11H3. The fraction of sp³-hybridized carbons (Fsp3) is 0.857. The Bertz CT molecular complexity index is 580. The minimum Gasteiger partial charge on any atom is -0.453 e. The molecule has 0 amide bonds. The number of esters is 1. The molecule has 5 nitrogen and oxygen atoms in total. The second-order valence-electron chi connectivity index (χ2n) is 11.3. The van der Waals surface area contributed by atoms with Crippen molar-refractivity contribution in [3.05, 3.63) is 12.2 Å². The van der Waals surface area contributed by atoms with Crippen molar-refractivity contribution >= 4 is 31.2 Å². The minimum absolute atomic E-state index is 0.364. The molecule has 0 aromatic carbocycles. The highest BCUT2D eigenvalue weighted by Gasteiger charge is 2.47. The van der Waals surface area contributed by atoms with Gasteiger partial charge in [0.05, 0.1) is 6.10 Å². The van der Waals surface area contributed by atoms with Gasteiger partial charge in [0.1, 0.15) is 5.60 Å². The van der Waals surface area contributed by atoms with Crippen molar-refractivity contribution in [1.29, 1.82) is 0 Å². The Morgan fingerprint density at radius 3 is 2.00 bits per heavy atom. The second kappa shape index (κ2) is 9.48. The van der Waals surface area contributed by atoms with Gasteiger partial charge in [0, 0.05) is 5.57 Å². The van der Waals surface area contributed by atoms with Crippen molar-refractivity contribution in [2.45, 2.75) is 104 Å². The van der Waals surface area contributed by atoms with Gasteiger partial charge >= 0.3 is 14.5 Å². The Labute approximate surface area is 181 Å². The van der Waals surface area contributed by atoms with E-state index in [0.29, 0.717) is 30.3 Å². The molecule has 0 aromatic heterocycles. The fourth-order valence-corrected chi connectivity index (χ4v) is 17.5. The predicted molar refractivity (Wildman–Crippen MR) is 127 cm³/mol. The molecule has 0 aliphatic heterocycles. The van der Waals surface area contributed by atoms with Crippen molar-refractivity contribution in [3.8, 4) is 0 Å². The van der Waals surface area contributed by atoms with Gasteiger partial charge in [-0.15, -0.1) is 0 Å². The van der Waals surface area contributed by atoms with E-state index in [1.54, 1.807) is 6.92 Å². The molecule has 4 unspecified atom stereocenters. The van der Waals surface area contributed by atoms with E-state index in [1.165, 1.54) is 0 Å². The quantitative estimate of drug-likeness (QED) is 0.282. The van der Waals surface area contributed by atoms with E-state index in [2.05, 4.69) is 59.3 Å². The van der Waals surface area contributed by atoms with Crippen molar-refractivity contribution in [2.24, 2.45) is 11.8 Å². The molecule has 0 heterocycles. The third kappa shape index (κ3) is 8.79. The summed E-state index contributed by atoms with van der Waals surface area (Å²) in [6.45, 7) is 24.9. The number of carbonyl (C=O) groups is 1. The van der Waals surface area contributed by atoms with Crippen LogP contribution in [0.5, 0.6) is 0 Å². The molecule has 8 heteroatoms. The Morgan fingerprint density at radius 2 is 1.62 bits per heavy atom. The molecular weight excluding hydrogens is 416 g/mol. The van der Waals surface area contributed by atoms with Crippen molar-refractivity contribution in [2.75, 3.05) is 0 Å². The second-order valence-corrected chi connectivity index (χ2v) is 24.0. The lowest BCUT2D eigenvalue weighted by molar-refractivity contribution is -0.175. The van der Waals surface area contributed by atoms with Crippen LogP contribution in [-0.4, -0.2) is 48.0 Å². The molecule has 29 heavy (non-hydrogen) atoms. The third-order valence-corrected chi connectivity index (χ3v) is 15.2. The van der Waals surface area contributed by atoms with E-state index >= 15 is 0 Å². The SMILES string of the molecule is C=C(C)C(=O)OC1(C)CCC(C(C)C[Si](C)(O[Si](C)(C)C)O[Si](C)(C)C)CC1O. The van der Waals surface area contributed by atoms with Crippen LogP contribution in [0.3, 0.4) is 0 Å². The van der Waals surface area contributed by atoms with Crippen molar-refractivity contribution in [1.82, 2.24) is 0 Å². The zero-order chi connectivity index (χ0) is 22.8. The maximum atomic E-state index is 12.0. The molecule has 0 aromatic rings. The van der Waals surface area contributed by atoms with E-state index < -0.39 is 42.9 Å². The molecule has 0 spiro atoms. The van der Waals surface area contributed by atoms with Gasteiger partial charge in [-0.25, -0.2) is 4.79 Å². The summed E-state index contributed by atoms with van der Waals surface area (Å²) in [6, 6.07) is 0.932. The summed E-state index contributed by atoms with van der Waals surface area (Å²) < 4.78 is 18.9. The lowest BCUT2D eigenvalue weighted by Gasteiger charge is -2.45. The Hall–Kier alpha value is -0.259. The monoisotopic (exact) mass is 460 g/mol. The lowest BCUT2D eigenvalue weighted by Crippen LogP contribution is -2.54. The van der Waals surface area contributed by atoms with Crippen molar-refractivity contribution in [3.63, 3.8) is 0 Å². The van der Waals surface area contributed by atoms with E-state index in [4.69, 9.17) is 13.0 Å². The molecule has 1 saturated carbocycles. The van der Waals surface area contributed by atoms with Gasteiger partial charge in [0.15, 0.2) is 16.6 Å². The highest BCUT2D eigenvalue weighted by Crippen LogP contribution is 2.41. The van der Waals surface area contributed by atoms with E-state index in [9.17, 15) is 9.90 Å². The first-order chi connectivity index (χ1) is 12.9.